The van der Waals surface area contributed by atoms with Gasteiger partial charge in [0.25, 0.3) is 5.91 Å². The number of hydrogen-bond donors (Lipinski definition) is 2. The molecule has 152 valence electrons. The zero-order valence-electron chi connectivity index (χ0n) is 16.0. The van der Waals surface area contributed by atoms with E-state index < -0.39 is 28.5 Å². The first kappa shape index (κ1) is 20.6. The second-order valence-corrected chi connectivity index (χ2v) is 8.71. The number of nitrogens with one attached hydrogen (secondary N) is 2. The maximum atomic E-state index is 12.2. The van der Waals surface area contributed by atoms with Gasteiger partial charge in [-0.15, -0.1) is 0 Å². The highest BCUT2D eigenvalue weighted by molar-refractivity contribution is 7.89. The molecule has 0 bridgehead atoms. The van der Waals surface area contributed by atoms with E-state index in [9.17, 15) is 18.0 Å². The Labute approximate surface area is 168 Å². The van der Waals surface area contributed by atoms with Crippen molar-refractivity contribution in [2.45, 2.75) is 11.3 Å². The minimum Gasteiger partial charge on any atom is -0.455 e. The average Bonchev–Trinajstić information content (AvgIpc) is 3.09. The van der Waals surface area contributed by atoms with Crippen LogP contribution in [0.5, 0.6) is 0 Å². The molecule has 1 aromatic heterocycles. The second kappa shape index (κ2) is 8.46. The number of benzene rings is 2. The van der Waals surface area contributed by atoms with E-state index in [-0.39, 0.29) is 11.3 Å². The van der Waals surface area contributed by atoms with Crippen molar-refractivity contribution in [3.05, 3.63) is 60.3 Å². The Hall–Kier alpha value is -3.17. The van der Waals surface area contributed by atoms with Crippen LogP contribution >= 0.6 is 0 Å². The summed E-state index contributed by atoms with van der Waals surface area (Å²) in [5.74, 6) is -1.09. The summed E-state index contributed by atoms with van der Waals surface area (Å²) in [5.41, 5.74) is 2.00. The van der Waals surface area contributed by atoms with Gasteiger partial charge in [0.1, 0.15) is 0 Å². The summed E-state index contributed by atoms with van der Waals surface area (Å²) < 4.78 is 30.5. The third-order valence-corrected chi connectivity index (χ3v) is 6.08. The Bertz CT molecular complexity index is 1150. The number of amides is 1. The number of anilines is 1. The lowest BCUT2D eigenvalue weighted by atomic mass is 10.1. The molecule has 0 saturated carbocycles. The molecule has 8 nitrogen and oxygen atoms in total. The fraction of sp³-hybridized carbons (Fsp3) is 0.200. The number of H-pyrrole nitrogens is 1. The lowest BCUT2D eigenvalue weighted by Gasteiger charge is -2.12. The van der Waals surface area contributed by atoms with Crippen molar-refractivity contribution >= 4 is 38.5 Å². The summed E-state index contributed by atoms with van der Waals surface area (Å²) in [5, 5.41) is 3.46. The molecule has 2 N–H and O–H groups in total. The molecule has 0 saturated heterocycles. The number of sulfonamides is 1. The van der Waals surface area contributed by atoms with E-state index in [1.807, 2.05) is 24.3 Å². The van der Waals surface area contributed by atoms with Crippen LogP contribution in [0.3, 0.4) is 0 Å². The van der Waals surface area contributed by atoms with Crippen molar-refractivity contribution < 1.29 is 22.7 Å². The number of fused-ring (bicyclic) bond motifs is 1. The van der Waals surface area contributed by atoms with E-state index in [1.165, 1.54) is 32.3 Å². The molecule has 9 heteroatoms. The summed E-state index contributed by atoms with van der Waals surface area (Å²) in [4.78, 5) is 27.3. The van der Waals surface area contributed by atoms with Crippen molar-refractivity contribution in [3.8, 4) is 0 Å². The van der Waals surface area contributed by atoms with Crippen LogP contribution in [-0.2, 0) is 30.8 Å². The fourth-order valence-electron chi connectivity index (χ4n) is 2.77. The summed E-state index contributed by atoms with van der Waals surface area (Å²) >= 11 is 0. The van der Waals surface area contributed by atoms with Crippen molar-refractivity contribution in [2.75, 3.05) is 26.0 Å². The smallest absolute Gasteiger partial charge is 0.310 e. The van der Waals surface area contributed by atoms with Gasteiger partial charge in [0.05, 0.1) is 11.3 Å². The van der Waals surface area contributed by atoms with Gasteiger partial charge in [-0.2, -0.15) is 0 Å². The van der Waals surface area contributed by atoms with Crippen LogP contribution in [0.1, 0.15) is 5.56 Å². The Morgan fingerprint density at radius 3 is 2.62 bits per heavy atom. The van der Waals surface area contributed by atoms with Gasteiger partial charge in [-0.25, -0.2) is 12.7 Å². The number of ether oxygens (including phenoxy) is 1. The van der Waals surface area contributed by atoms with Gasteiger partial charge in [-0.3, -0.25) is 9.59 Å². The van der Waals surface area contributed by atoms with Crippen LogP contribution in [0.2, 0.25) is 0 Å². The molecule has 1 amide bonds. The molecule has 3 rings (SSSR count). The van der Waals surface area contributed by atoms with Crippen molar-refractivity contribution in [1.82, 2.24) is 9.29 Å². The van der Waals surface area contributed by atoms with Crippen LogP contribution in [0.25, 0.3) is 10.9 Å². The number of aromatic amines is 1. The molecule has 1 heterocycles. The maximum Gasteiger partial charge on any atom is 0.310 e. The van der Waals surface area contributed by atoms with E-state index in [0.717, 1.165) is 20.8 Å². The lowest BCUT2D eigenvalue weighted by Crippen LogP contribution is -2.23. The number of aromatic nitrogens is 1. The summed E-state index contributed by atoms with van der Waals surface area (Å²) in [6.07, 6.45) is 1.77. The number of esters is 1. The van der Waals surface area contributed by atoms with E-state index in [2.05, 4.69) is 10.3 Å². The Kier molecular flexibility index (Phi) is 6.00. The highest BCUT2D eigenvalue weighted by Gasteiger charge is 2.18. The van der Waals surface area contributed by atoms with Gasteiger partial charge in [0, 0.05) is 36.9 Å². The minimum absolute atomic E-state index is 0.0356. The number of rotatable bonds is 7. The molecule has 0 aliphatic carbocycles. The number of carbonyl (C=O) groups is 2. The summed E-state index contributed by atoms with van der Waals surface area (Å²) in [7, 11) is -0.766. The predicted molar refractivity (Wildman–Crippen MR) is 109 cm³/mol. The number of para-hydroxylation sites is 1. The van der Waals surface area contributed by atoms with Crippen LogP contribution in [0, 0.1) is 0 Å². The van der Waals surface area contributed by atoms with Crippen LogP contribution in [0.4, 0.5) is 5.69 Å². The fourth-order valence-corrected chi connectivity index (χ4v) is 3.72. The van der Waals surface area contributed by atoms with Crippen molar-refractivity contribution in [3.63, 3.8) is 0 Å². The molecular weight excluding hydrogens is 394 g/mol. The zero-order valence-corrected chi connectivity index (χ0v) is 16.8. The molecule has 0 fully saturated rings. The SMILES string of the molecule is CN(C)S(=O)(=O)c1cccc(NC(=O)COC(=O)Cc2c[nH]c3ccccc23)c1. The Morgan fingerprint density at radius 1 is 1.10 bits per heavy atom. The van der Waals surface area contributed by atoms with Gasteiger partial charge in [0.15, 0.2) is 6.61 Å². The van der Waals surface area contributed by atoms with Gasteiger partial charge >= 0.3 is 5.97 Å². The monoisotopic (exact) mass is 415 g/mol. The molecule has 0 atom stereocenters. The minimum atomic E-state index is -3.61. The van der Waals surface area contributed by atoms with E-state index >= 15 is 0 Å². The molecule has 0 spiro atoms. The van der Waals surface area contributed by atoms with Crippen LogP contribution in [0.15, 0.2) is 59.6 Å². The molecule has 0 aliphatic rings. The first-order chi connectivity index (χ1) is 13.8. The third-order valence-electron chi connectivity index (χ3n) is 4.27. The van der Waals surface area contributed by atoms with E-state index in [0.29, 0.717) is 5.69 Å². The van der Waals surface area contributed by atoms with Gasteiger partial charge in [-0.05, 0) is 29.8 Å². The van der Waals surface area contributed by atoms with Gasteiger partial charge in [0.2, 0.25) is 10.0 Å². The van der Waals surface area contributed by atoms with Crippen molar-refractivity contribution in [1.29, 1.82) is 0 Å². The lowest BCUT2D eigenvalue weighted by molar-refractivity contribution is -0.146. The maximum absolute atomic E-state index is 12.2. The summed E-state index contributed by atoms with van der Waals surface area (Å²) in [6.45, 7) is -0.466. The Morgan fingerprint density at radius 2 is 1.86 bits per heavy atom. The van der Waals surface area contributed by atoms with Crippen LogP contribution in [-0.4, -0.2) is 50.3 Å². The predicted octanol–water partition coefficient (Wildman–Crippen LogP) is 2.14. The van der Waals surface area contributed by atoms with Crippen LogP contribution < -0.4 is 5.32 Å². The largest absolute Gasteiger partial charge is 0.455 e. The highest BCUT2D eigenvalue weighted by atomic mass is 32.2. The molecular formula is C20H21N3O5S. The van der Waals surface area contributed by atoms with E-state index in [1.54, 1.807) is 12.3 Å². The molecule has 0 radical (unpaired) electrons. The number of nitrogens with zero attached hydrogens (tertiary/aromatic N) is 1. The molecule has 0 aliphatic heterocycles. The number of carbonyl (C=O) groups excluding carboxylic acids is 2. The molecule has 3 aromatic rings. The quantitative estimate of drug-likeness (QED) is 0.575. The normalized spacial score (nSPS) is 11.6. The zero-order chi connectivity index (χ0) is 21.0. The molecule has 0 unspecified atom stereocenters. The average molecular weight is 415 g/mol. The standard InChI is InChI=1S/C20H21N3O5S/c1-23(2)29(26,27)16-7-5-6-15(11-16)22-19(24)13-28-20(25)10-14-12-21-18-9-4-3-8-17(14)18/h3-9,11-12,21H,10,13H2,1-2H3,(H,22,24). The first-order valence-electron chi connectivity index (χ1n) is 8.80. The first-order valence-corrected chi connectivity index (χ1v) is 10.2. The molecule has 2 aromatic carbocycles. The Balaban J connectivity index is 1.57. The topological polar surface area (TPSA) is 109 Å². The third kappa shape index (κ3) is 4.82. The van der Waals surface area contributed by atoms with Gasteiger partial charge in [-0.1, -0.05) is 24.3 Å². The number of hydrogen-bond acceptors (Lipinski definition) is 5. The van der Waals surface area contributed by atoms with Gasteiger partial charge < -0.3 is 15.0 Å². The second-order valence-electron chi connectivity index (χ2n) is 6.56. The van der Waals surface area contributed by atoms with Crippen molar-refractivity contribution in [2.24, 2.45) is 0 Å². The summed E-state index contributed by atoms with van der Waals surface area (Å²) in [6, 6.07) is 13.4. The highest BCUT2D eigenvalue weighted by Crippen LogP contribution is 2.19. The van der Waals surface area contributed by atoms with E-state index in [4.69, 9.17) is 4.74 Å². The molecule has 29 heavy (non-hydrogen) atoms.